The number of ether oxygens (including phenoxy) is 3. The number of carbonyl (C=O) groups excluding carboxylic acids is 3. The van der Waals surface area contributed by atoms with Crippen molar-refractivity contribution in [3.05, 3.63) is 101 Å². The van der Waals surface area contributed by atoms with Crippen molar-refractivity contribution in [2.24, 2.45) is 0 Å². The van der Waals surface area contributed by atoms with Gasteiger partial charge in [0.05, 0.1) is 18.1 Å². The van der Waals surface area contributed by atoms with Crippen molar-refractivity contribution < 1.29 is 28.6 Å². The fraction of sp³-hybridized carbons (Fsp3) is 0.156. The molecule has 1 fully saturated rings. The van der Waals surface area contributed by atoms with Crippen LogP contribution in [0.4, 0.5) is 10.5 Å². The van der Waals surface area contributed by atoms with E-state index in [0.29, 0.717) is 40.0 Å². The second-order valence-corrected chi connectivity index (χ2v) is 9.99. The smallest absolute Gasteiger partial charge is 0.293 e. The zero-order chi connectivity index (χ0) is 28.6. The van der Waals surface area contributed by atoms with Crippen LogP contribution in [0.15, 0.2) is 95.9 Å². The van der Waals surface area contributed by atoms with Gasteiger partial charge in [0, 0.05) is 11.1 Å². The molecule has 3 amide bonds. The molecule has 0 bridgehead atoms. The molecule has 0 unspecified atom stereocenters. The van der Waals surface area contributed by atoms with E-state index in [2.05, 4.69) is 5.32 Å². The number of anilines is 1. The molecule has 1 heterocycles. The molecule has 0 aliphatic carbocycles. The van der Waals surface area contributed by atoms with Crippen LogP contribution < -0.4 is 19.5 Å². The molecule has 0 radical (unpaired) electrons. The summed E-state index contributed by atoms with van der Waals surface area (Å²) in [7, 11) is 0. The van der Waals surface area contributed by atoms with Crippen molar-refractivity contribution in [3.8, 4) is 17.2 Å². The zero-order valence-electron chi connectivity index (χ0n) is 22.4. The second-order valence-electron chi connectivity index (χ2n) is 9.00. The van der Waals surface area contributed by atoms with Gasteiger partial charge in [-0.05, 0) is 66.0 Å². The molecule has 0 spiro atoms. The first-order valence-corrected chi connectivity index (χ1v) is 13.9. The Morgan fingerprint density at radius 3 is 2.46 bits per heavy atom. The van der Waals surface area contributed by atoms with E-state index in [1.165, 1.54) is 4.90 Å². The maximum Gasteiger partial charge on any atom is 0.293 e. The first-order valence-electron chi connectivity index (χ1n) is 13.1. The summed E-state index contributed by atoms with van der Waals surface area (Å²) in [4.78, 5) is 39.5. The number of thioether (sulfide) groups is 1. The molecular formula is C32H28N2O6S. The number of hydrogen-bond donors (Lipinski definition) is 1. The van der Waals surface area contributed by atoms with E-state index in [9.17, 15) is 14.4 Å². The third-order valence-corrected chi connectivity index (χ3v) is 7.08. The van der Waals surface area contributed by atoms with E-state index < -0.39 is 0 Å². The van der Waals surface area contributed by atoms with Gasteiger partial charge in [-0.25, -0.2) is 0 Å². The zero-order valence-corrected chi connectivity index (χ0v) is 23.2. The van der Waals surface area contributed by atoms with Gasteiger partial charge in [-0.1, -0.05) is 60.7 Å². The minimum Gasteiger partial charge on any atom is -0.491 e. The van der Waals surface area contributed by atoms with E-state index in [-0.39, 0.29) is 36.8 Å². The predicted octanol–water partition coefficient (Wildman–Crippen LogP) is 6.37. The lowest BCUT2D eigenvalue weighted by Gasteiger charge is -2.14. The highest BCUT2D eigenvalue weighted by atomic mass is 32.2. The summed E-state index contributed by atoms with van der Waals surface area (Å²) in [6.07, 6.45) is 1.64. The maximum absolute atomic E-state index is 13.0. The SMILES string of the molecule is CCOc1cc(/C=C2\SC(=O)N(CCOc3cccc4ccccc34)C2=O)ccc1OCC(=O)Nc1ccccc1. The van der Waals surface area contributed by atoms with Crippen LogP contribution in [0.1, 0.15) is 12.5 Å². The molecule has 1 saturated heterocycles. The highest BCUT2D eigenvalue weighted by Crippen LogP contribution is 2.35. The minimum absolute atomic E-state index is 0.132. The summed E-state index contributed by atoms with van der Waals surface area (Å²) in [5.74, 6) is 0.842. The monoisotopic (exact) mass is 568 g/mol. The van der Waals surface area contributed by atoms with Crippen LogP contribution in [0, 0.1) is 0 Å². The molecule has 0 aromatic heterocycles. The summed E-state index contributed by atoms with van der Waals surface area (Å²) in [5.41, 5.74) is 1.34. The molecular weight excluding hydrogens is 540 g/mol. The molecule has 1 aliphatic heterocycles. The van der Waals surface area contributed by atoms with E-state index >= 15 is 0 Å². The number of nitrogens with zero attached hydrogens (tertiary/aromatic N) is 1. The summed E-state index contributed by atoms with van der Waals surface area (Å²) in [6.45, 7) is 2.33. The molecule has 1 N–H and O–H groups in total. The van der Waals surface area contributed by atoms with Crippen molar-refractivity contribution >= 4 is 51.4 Å². The van der Waals surface area contributed by atoms with Gasteiger partial charge < -0.3 is 19.5 Å². The van der Waals surface area contributed by atoms with Crippen molar-refractivity contribution in [2.45, 2.75) is 6.92 Å². The average Bonchev–Trinajstić information content (AvgIpc) is 3.25. The minimum atomic E-state index is -0.377. The number of rotatable bonds is 11. The van der Waals surface area contributed by atoms with Crippen LogP contribution in [0.2, 0.25) is 0 Å². The lowest BCUT2D eigenvalue weighted by Crippen LogP contribution is -2.32. The van der Waals surface area contributed by atoms with Crippen LogP contribution in [-0.4, -0.2) is 48.3 Å². The van der Waals surface area contributed by atoms with Gasteiger partial charge in [0.2, 0.25) is 0 Å². The van der Waals surface area contributed by atoms with E-state index in [4.69, 9.17) is 14.2 Å². The molecule has 41 heavy (non-hydrogen) atoms. The molecule has 5 rings (SSSR count). The lowest BCUT2D eigenvalue weighted by molar-refractivity contribution is -0.123. The van der Waals surface area contributed by atoms with Crippen molar-refractivity contribution in [1.82, 2.24) is 4.90 Å². The number of hydrogen-bond acceptors (Lipinski definition) is 7. The van der Waals surface area contributed by atoms with Crippen LogP contribution in [0.25, 0.3) is 16.8 Å². The molecule has 4 aromatic carbocycles. The van der Waals surface area contributed by atoms with Gasteiger partial charge >= 0.3 is 0 Å². The number of nitrogens with one attached hydrogen (secondary N) is 1. The Balaban J connectivity index is 1.21. The first kappa shape index (κ1) is 27.8. The number of benzene rings is 4. The van der Waals surface area contributed by atoms with E-state index in [0.717, 1.165) is 22.5 Å². The van der Waals surface area contributed by atoms with Crippen LogP contribution in [0.5, 0.6) is 17.2 Å². The third-order valence-electron chi connectivity index (χ3n) is 6.18. The van der Waals surface area contributed by atoms with Crippen LogP contribution >= 0.6 is 11.8 Å². The Kier molecular flexibility index (Phi) is 8.85. The van der Waals surface area contributed by atoms with Crippen LogP contribution in [0.3, 0.4) is 0 Å². The molecule has 9 heteroatoms. The van der Waals surface area contributed by atoms with Gasteiger partial charge in [0.15, 0.2) is 18.1 Å². The predicted molar refractivity (Wildman–Crippen MR) is 160 cm³/mol. The van der Waals surface area contributed by atoms with Crippen molar-refractivity contribution in [2.75, 3.05) is 31.7 Å². The average molecular weight is 569 g/mol. The number of amides is 3. The van der Waals surface area contributed by atoms with E-state index in [1.807, 2.05) is 67.6 Å². The topological polar surface area (TPSA) is 94.2 Å². The first-order chi connectivity index (χ1) is 20.0. The standard InChI is InChI=1S/C32H28N2O6S/c1-2-38-28-19-22(15-16-27(28)40-21-30(35)33-24-11-4-3-5-12-24)20-29-31(36)34(32(37)41-29)17-18-39-26-14-8-10-23-9-6-7-13-25(23)26/h3-16,19-20H,2,17-18,21H2,1H3,(H,33,35)/b29-20-. The Labute approximate surface area is 241 Å². The summed E-state index contributed by atoms with van der Waals surface area (Å²) < 4.78 is 17.3. The number of para-hydroxylation sites is 1. The Hall–Kier alpha value is -4.76. The van der Waals surface area contributed by atoms with Crippen LogP contribution in [-0.2, 0) is 9.59 Å². The number of carbonyl (C=O) groups is 3. The highest BCUT2D eigenvalue weighted by molar-refractivity contribution is 8.18. The molecule has 1 aliphatic rings. The van der Waals surface area contributed by atoms with Crippen molar-refractivity contribution in [1.29, 1.82) is 0 Å². The molecule has 4 aromatic rings. The van der Waals surface area contributed by atoms with Gasteiger partial charge in [-0.3, -0.25) is 19.3 Å². The van der Waals surface area contributed by atoms with Crippen molar-refractivity contribution in [3.63, 3.8) is 0 Å². The fourth-order valence-electron chi connectivity index (χ4n) is 4.28. The molecule has 0 atom stereocenters. The highest BCUT2D eigenvalue weighted by Gasteiger charge is 2.34. The lowest BCUT2D eigenvalue weighted by atomic mass is 10.1. The molecule has 0 saturated carbocycles. The largest absolute Gasteiger partial charge is 0.491 e. The maximum atomic E-state index is 13.0. The Morgan fingerprint density at radius 1 is 0.854 bits per heavy atom. The Morgan fingerprint density at radius 2 is 1.63 bits per heavy atom. The van der Waals surface area contributed by atoms with E-state index in [1.54, 1.807) is 36.4 Å². The quantitative estimate of drug-likeness (QED) is 0.210. The normalized spacial score (nSPS) is 14.0. The number of imide groups is 1. The molecule has 208 valence electrons. The van der Waals surface area contributed by atoms with Gasteiger partial charge in [0.1, 0.15) is 12.4 Å². The summed E-state index contributed by atoms with van der Waals surface area (Å²) >= 11 is 0.882. The fourth-order valence-corrected chi connectivity index (χ4v) is 5.14. The second kappa shape index (κ2) is 13.1. The summed E-state index contributed by atoms with van der Waals surface area (Å²) in [6, 6.07) is 27.9. The van der Waals surface area contributed by atoms with Gasteiger partial charge in [0.25, 0.3) is 17.1 Å². The Bertz CT molecular complexity index is 1600. The third kappa shape index (κ3) is 6.88. The summed E-state index contributed by atoms with van der Waals surface area (Å²) in [5, 5.41) is 4.44. The molecule has 8 nitrogen and oxygen atoms in total. The van der Waals surface area contributed by atoms with Gasteiger partial charge in [-0.15, -0.1) is 0 Å². The number of fused-ring (bicyclic) bond motifs is 1. The van der Waals surface area contributed by atoms with Gasteiger partial charge in [-0.2, -0.15) is 0 Å².